The van der Waals surface area contributed by atoms with E-state index in [0.29, 0.717) is 6.54 Å². The van der Waals surface area contributed by atoms with Gasteiger partial charge in [0, 0.05) is 12.6 Å². The quantitative estimate of drug-likeness (QED) is 0.744. The van der Waals surface area contributed by atoms with Crippen molar-refractivity contribution >= 4 is 5.91 Å². The van der Waals surface area contributed by atoms with Gasteiger partial charge >= 0.3 is 0 Å². The number of hydrogen-bond donors (Lipinski definition) is 2. The number of rotatable bonds is 7. The van der Waals surface area contributed by atoms with Crippen LogP contribution in [0.15, 0.2) is 18.2 Å². The second-order valence-electron chi connectivity index (χ2n) is 4.30. The fourth-order valence-electron chi connectivity index (χ4n) is 1.84. The van der Waals surface area contributed by atoms with E-state index in [1.807, 2.05) is 0 Å². The number of carbonyl (C=O) groups is 1. The molecule has 1 rings (SSSR count). The van der Waals surface area contributed by atoms with Crippen molar-refractivity contribution < 1.29 is 14.3 Å². The van der Waals surface area contributed by atoms with Crippen molar-refractivity contribution in [3.8, 4) is 5.75 Å². The van der Waals surface area contributed by atoms with E-state index >= 15 is 0 Å². The van der Waals surface area contributed by atoms with Gasteiger partial charge in [-0.2, -0.15) is 0 Å². The largest absolute Gasteiger partial charge is 0.507 e. The molecule has 0 spiro atoms. The van der Waals surface area contributed by atoms with E-state index in [0.717, 1.165) is 38.2 Å². The molecular formula is C14H21FN2O2. The van der Waals surface area contributed by atoms with Gasteiger partial charge in [-0.25, -0.2) is 4.39 Å². The van der Waals surface area contributed by atoms with Gasteiger partial charge in [-0.3, -0.25) is 4.79 Å². The number of phenolic OH excluding ortho intramolecular Hbond substituents is 1. The molecule has 2 N–H and O–H groups in total. The van der Waals surface area contributed by atoms with E-state index in [1.54, 1.807) is 0 Å². The first-order valence-corrected chi connectivity index (χ1v) is 6.57. The summed E-state index contributed by atoms with van der Waals surface area (Å²) in [5, 5.41) is 12.2. The summed E-state index contributed by atoms with van der Waals surface area (Å²) in [6, 6.07) is 3.37. The number of nitrogens with zero attached hydrogens (tertiary/aromatic N) is 1. The first-order chi connectivity index (χ1) is 9.08. The average Bonchev–Trinajstić information content (AvgIpc) is 2.38. The smallest absolute Gasteiger partial charge is 0.255 e. The van der Waals surface area contributed by atoms with Gasteiger partial charge in [-0.1, -0.05) is 13.8 Å². The van der Waals surface area contributed by atoms with E-state index in [2.05, 4.69) is 24.1 Å². The number of phenols is 1. The number of amides is 1. The summed E-state index contributed by atoms with van der Waals surface area (Å²) >= 11 is 0. The van der Waals surface area contributed by atoms with Crippen LogP contribution < -0.4 is 5.32 Å². The third kappa shape index (κ3) is 4.87. The molecule has 1 amide bonds. The Kier molecular flexibility index (Phi) is 6.29. The van der Waals surface area contributed by atoms with Crippen molar-refractivity contribution in [1.82, 2.24) is 10.2 Å². The van der Waals surface area contributed by atoms with Crippen LogP contribution >= 0.6 is 0 Å². The Bertz CT molecular complexity index is 420. The summed E-state index contributed by atoms with van der Waals surface area (Å²) in [5.74, 6) is -1.27. The highest BCUT2D eigenvalue weighted by molar-refractivity contribution is 5.96. The molecule has 0 heterocycles. The summed E-state index contributed by atoms with van der Waals surface area (Å²) < 4.78 is 12.8. The van der Waals surface area contributed by atoms with Crippen LogP contribution in [0.2, 0.25) is 0 Å². The summed E-state index contributed by atoms with van der Waals surface area (Å²) in [5.41, 5.74) is 0.101. The van der Waals surface area contributed by atoms with Gasteiger partial charge in [0.05, 0.1) is 5.56 Å². The van der Waals surface area contributed by atoms with E-state index in [9.17, 15) is 14.3 Å². The molecule has 0 aliphatic heterocycles. The van der Waals surface area contributed by atoms with Crippen LogP contribution in [-0.2, 0) is 0 Å². The molecule has 4 nitrogen and oxygen atoms in total. The maximum Gasteiger partial charge on any atom is 0.255 e. The van der Waals surface area contributed by atoms with Gasteiger partial charge in [-0.05, 0) is 38.2 Å². The molecule has 0 fully saturated rings. The van der Waals surface area contributed by atoms with Gasteiger partial charge in [0.1, 0.15) is 11.6 Å². The molecule has 19 heavy (non-hydrogen) atoms. The fraction of sp³-hybridized carbons (Fsp3) is 0.500. The monoisotopic (exact) mass is 268 g/mol. The maximum atomic E-state index is 12.8. The highest BCUT2D eigenvalue weighted by Gasteiger charge is 2.11. The first-order valence-electron chi connectivity index (χ1n) is 6.57. The Morgan fingerprint density at radius 2 is 2.05 bits per heavy atom. The zero-order valence-electron chi connectivity index (χ0n) is 11.4. The molecule has 0 aliphatic rings. The third-order valence-corrected chi connectivity index (χ3v) is 3.04. The standard InChI is InChI=1S/C14H21FN2O2/c1-3-17(4-2)9-5-8-16-14(19)12-7-6-11(15)10-13(12)18/h6-7,10,18H,3-5,8-9H2,1-2H3,(H,16,19). The number of benzene rings is 1. The first kappa shape index (κ1) is 15.4. The van der Waals surface area contributed by atoms with Gasteiger partial charge in [0.15, 0.2) is 0 Å². The lowest BCUT2D eigenvalue weighted by atomic mass is 10.2. The summed E-state index contributed by atoms with van der Waals surface area (Å²) in [4.78, 5) is 14.0. The topological polar surface area (TPSA) is 52.6 Å². The molecule has 0 bridgehead atoms. The lowest BCUT2D eigenvalue weighted by molar-refractivity contribution is 0.0949. The number of aromatic hydroxyl groups is 1. The molecule has 0 aliphatic carbocycles. The molecule has 5 heteroatoms. The third-order valence-electron chi connectivity index (χ3n) is 3.04. The van der Waals surface area contributed by atoms with Crippen molar-refractivity contribution in [2.24, 2.45) is 0 Å². The van der Waals surface area contributed by atoms with Gasteiger partial charge in [0.25, 0.3) is 5.91 Å². The highest BCUT2D eigenvalue weighted by atomic mass is 19.1. The lowest BCUT2D eigenvalue weighted by Gasteiger charge is -2.17. The van der Waals surface area contributed by atoms with Crippen molar-refractivity contribution in [1.29, 1.82) is 0 Å². The molecular weight excluding hydrogens is 247 g/mol. The predicted octanol–water partition coefficient (Wildman–Crippen LogP) is 1.99. The molecule has 1 aromatic rings. The van der Waals surface area contributed by atoms with E-state index in [4.69, 9.17) is 0 Å². The molecule has 0 saturated carbocycles. The lowest BCUT2D eigenvalue weighted by Crippen LogP contribution is -2.29. The van der Waals surface area contributed by atoms with E-state index in [1.165, 1.54) is 6.07 Å². The molecule has 0 unspecified atom stereocenters. The second-order valence-corrected chi connectivity index (χ2v) is 4.30. The van der Waals surface area contributed by atoms with Gasteiger partial charge in [0.2, 0.25) is 0 Å². The number of hydrogen-bond acceptors (Lipinski definition) is 3. The zero-order valence-corrected chi connectivity index (χ0v) is 11.4. The number of halogens is 1. The minimum atomic E-state index is -0.560. The summed E-state index contributed by atoms with van der Waals surface area (Å²) in [6.45, 7) is 7.62. The molecule has 0 saturated heterocycles. The normalized spacial score (nSPS) is 10.7. The zero-order chi connectivity index (χ0) is 14.3. The van der Waals surface area contributed by atoms with Crippen LogP contribution in [-0.4, -0.2) is 42.1 Å². The second kappa shape index (κ2) is 7.74. The number of nitrogens with one attached hydrogen (secondary N) is 1. The van der Waals surface area contributed by atoms with Crippen molar-refractivity contribution in [3.63, 3.8) is 0 Å². The predicted molar refractivity (Wildman–Crippen MR) is 72.8 cm³/mol. The van der Waals surface area contributed by atoms with Crippen LogP contribution in [0.3, 0.4) is 0 Å². The fourth-order valence-corrected chi connectivity index (χ4v) is 1.84. The minimum Gasteiger partial charge on any atom is -0.507 e. The maximum absolute atomic E-state index is 12.8. The van der Waals surface area contributed by atoms with Crippen LogP contribution in [0.25, 0.3) is 0 Å². The Morgan fingerprint density at radius 3 is 2.63 bits per heavy atom. The summed E-state index contributed by atoms with van der Waals surface area (Å²) in [6.07, 6.45) is 0.843. The minimum absolute atomic E-state index is 0.101. The van der Waals surface area contributed by atoms with Crippen LogP contribution in [0, 0.1) is 5.82 Å². The molecule has 0 aromatic heterocycles. The average molecular weight is 268 g/mol. The summed E-state index contributed by atoms with van der Waals surface area (Å²) in [7, 11) is 0. The molecule has 1 aromatic carbocycles. The van der Waals surface area contributed by atoms with Gasteiger partial charge < -0.3 is 15.3 Å². The van der Waals surface area contributed by atoms with Crippen molar-refractivity contribution in [2.75, 3.05) is 26.2 Å². The Balaban J connectivity index is 2.39. The Morgan fingerprint density at radius 1 is 1.37 bits per heavy atom. The van der Waals surface area contributed by atoms with Crippen LogP contribution in [0.1, 0.15) is 30.6 Å². The number of carbonyl (C=O) groups excluding carboxylic acids is 1. The molecule has 106 valence electrons. The Labute approximate surface area is 113 Å². The van der Waals surface area contributed by atoms with Crippen molar-refractivity contribution in [3.05, 3.63) is 29.6 Å². The molecule has 0 radical (unpaired) electrons. The van der Waals surface area contributed by atoms with Crippen molar-refractivity contribution in [2.45, 2.75) is 20.3 Å². The Hall–Kier alpha value is -1.62. The SMILES string of the molecule is CCN(CC)CCCNC(=O)c1ccc(F)cc1O. The van der Waals surface area contributed by atoms with E-state index in [-0.39, 0.29) is 17.2 Å². The van der Waals surface area contributed by atoms with Crippen LogP contribution in [0.4, 0.5) is 4.39 Å². The van der Waals surface area contributed by atoms with Gasteiger partial charge in [-0.15, -0.1) is 0 Å². The highest BCUT2D eigenvalue weighted by Crippen LogP contribution is 2.17. The molecule has 0 atom stereocenters. The van der Waals surface area contributed by atoms with E-state index < -0.39 is 5.82 Å². The van der Waals surface area contributed by atoms with Crippen LogP contribution in [0.5, 0.6) is 5.75 Å².